The second-order valence-corrected chi connectivity index (χ2v) is 11.2. The van der Waals surface area contributed by atoms with E-state index in [2.05, 4.69) is 10.2 Å². The van der Waals surface area contributed by atoms with Crippen LogP contribution in [0.5, 0.6) is 0 Å². The van der Waals surface area contributed by atoms with Gasteiger partial charge in [0.15, 0.2) is 0 Å². The van der Waals surface area contributed by atoms with Gasteiger partial charge in [0.05, 0.1) is 34.9 Å². The van der Waals surface area contributed by atoms with Gasteiger partial charge in [-0.2, -0.15) is 18.4 Å². The number of nitriles is 1. The number of carbonyl (C=O) groups is 1. The third-order valence-electron chi connectivity index (χ3n) is 7.68. The quantitative estimate of drug-likeness (QED) is 0.321. The fourth-order valence-corrected chi connectivity index (χ4v) is 5.82. The molecule has 2 heterocycles. The number of furan rings is 1. The Morgan fingerprint density at radius 3 is 2.49 bits per heavy atom. The van der Waals surface area contributed by atoms with E-state index in [9.17, 15) is 18.0 Å². The summed E-state index contributed by atoms with van der Waals surface area (Å²) in [5.74, 6) is 0.621. The summed E-state index contributed by atoms with van der Waals surface area (Å²) in [5, 5.41) is 14.1. The number of hydrogen-bond donors (Lipinski definition) is 1. The van der Waals surface area contributed by atoms with Crippen molar-refractivity contribution in [3.05, 3.63) is 63.3 Å². The van der Waals surface area contributed by atoms with Gasteiger partial charge in [-0.25, -0.2) is 0 Å². The molecule has 3 aromatic rings. The summed E-state index contributed by atoms with van der Waals surface area (Å²) in [7, 11) is 0. The maximum Gasteiger partial charge on any atom is 0.417 e. The number of benzene rings is 2. The molecule has 1 saturated carbocycles. The van der Waals surface area contributed by atoms with Gasteiger partial charge in [0.1, 0.15) is 18.0 Å². The second-order valence-electron chi connectivity index (χ2n) is 10.4. The van der Waals surface area contributed by atoms with Crippen LogP contribution in [0, 0.1) is 11.3 Å². The number of nitrogens with one attached hydrogen (secondary N) is 1. The molecular weight excluding hydrogens is 580 g/mol. The molecule has 1 N–H and O–H groups in total. The van der Waals surface area contributed by atoms with Crippen molar-refractivity contribution in [2.24, 2.45) is 0 Å². The largest absolute Gasteiger partial charge is 0.458 e. The monoisotopic (exact) mass is 608 g/mol. The minimum atomic E-state index is -4.59. The van der Waals surface area contributed by atoms with E-state index in [1.54, 1.807) is 29.2 Å². The lowest BCUT2D eigenvalue weighted by atomic mass is 9.92. The number of nitrogens with zero attached hydrogens (tertiary/aromatic N) is 3. The number of piperazine rings is 1. The first-order chi connectivity index (χ1) is 19.6. The number of carbonyl (C=O) groups excluding carboxylic acids is 1. The van der Waals surface area contributed by atoms with Crippen molar-refractivity contribution in [1.82, 2.24) is 9.80 Å². The normalized spacial score (nSPS) is 20.2. The number of halogens is 5. The van der Waals surface area contributed by atoms with Crippen LogP contribution >= 0.6 is 23.2 Å². The van der Waals surface area contributed by atoms with E-state index in [0.717, 1.165) is 11.5 Å². The van der Waals surface area contributed by atoms with Crippen molar-refractivity contribution in [2.45, 2.75) is 50.6 Å². The molecule has 0 radical (unpaired) electrons. The number of alkyl halides is 3. The van der Waals surface area contributed by atoms with Gasteiger partial charge < -0.3 is 19.4 Å². The highest BCUT2D eigenvalue weighted by Crippen LogP contribution is 2.35. The molecule has 1 aromatic heterocycles. The zero-order chi connectivity index (χ0) is 29.1. The van der Waals surface area contributed by atoms with Crippen molar-refractivity contribution >= 4 is 45.8 Å². The predicted octanol–water partition coefficient (Wildman–Crippen LogP) is 6.71. The molecule has 218 valence electrons. The van der Waals surface area contributed by atoms with Gasteiger partial charge in [-0.15, -0.1) is 0 Å². The fourth-order valence-electron chi connectivity index (χ4n) is 5.41. The average Bonchev–Trinajstić information content (AvgIpc) is 3.26. The van der Waals surface area contributed by atoms with Gasteiger partial charge >= 0.3 is 6.18 Å². The molecule has 1 saturated heterocycles. The van der Waals surface area contributed by atoms with Gasteiger partial charge in [-0.1, -0.05) is 23.2 Å². The third kappa shape index (κ3) is 7.09. The minimum Gasteiger partial charge on any atom is -0.458 e. The summed E-state index contributed by atoms with van der Waals surface area (Å²) in [6.45, 7) is 3.06. The molecule has 1 amide bonds. The summed E-state index contributed by atoms with van der Waals surface area (Å²) in [4.78, 5) is 16.8. The minimum absolute atomic E-state index is 0.00346. The Bertz CT molecular complexity index is 1440. The molecule has 41 heavy (non-hydrogen) atoms. The van der Waals surface area contributed by atoms with Crippen LogP contribution in [-0.4, -0.2) is 60.6 Å². The van der Waals surface area contributed by atoms with Crippen LogP contribution in [0.25, 0.3) is 11.0 Å². The van der Waals surface area contributed by atoms with Gasteiger partial charge in [-0.3, -0.25) is 9.69 Å². The molecule has 12 heteroatoms. The van der Waals surface area contributed by atoms with E-state index in [1.807, 2.05) is 0 Å². The number of hydrogen-bond acceptors (Lipinski definition) is 6. The zero-order valence-electron chi connectivity index (χ0n) is 22.1. The smallest absolute Gasteiger partial charge is 0.417 e. The van der Waals surface area contributed by atoms with Crippen molar-refractivity contribution < 1.29 is 27.1 Å². The van der Waals surface area contributed by atoms with Crippen molar-refractivity contribution in [1.29, 1.82) is 5.26 Å². The Morgan fingerprint density at radius 2 is 1.80 bits per heavy atom. The van der Waals surface area contributed by atoms with E-state index in [4.69, 9.17) is 37.6 Å². The highest BCUT2D eigenvalue weighted by Gasteiger charge is 2.34. The Balaban J connectivity index is 1.03. The van der Waals surface area contributed by atoms with Gasteiger partial charge in [0.2, 0.25) is 5.91 Å². The molecule has 0 atom stereocenters. The van der Waals surface area contributed by atoms with E-state index in [1.165, 1.54) is 12.1 Å². The van der Waals surface area contributed by atoms with E-state index in [-0.39, 0.29) is 24.7 Å². The van der Waals surface area contributed by atoms with E-state index >= 15 is 0 Å². The summed E-state index contributed by atoms with van der Waals surface area (Å²) in [6, 6.07) is 10.6. The van der Waals surface area contributed by atoms with Crippen LogP contribution in [0.15, 0.2) is 40.8 Å². The summed E-state index contributed by atoms with van der Waals surface area (Å²) in [5.41, 5.74) is -0.310. The maximum absolute atomic E-state index is 13.3. The first kappa shape index (κ1) is 29.5. The van der Waals surface area contributed by atoms with Crippen LogP contribution in [0.1, 0.15) is 42.6 Å². The lowest BCUT2D eigenvalue weighted by Crippen LogP contribution is -2.49. The standard InChI is InChI=1S/C29H29Cl2F3N4O3/c30-19-2-8-25-23(13-19)28(31)26(41-25)16-37-9-11-38(12-10-37)27(39)17-40-22-6-4-20(5-7-22)36-21-3-1-18(15-35)24(14-21)29(32,33)34/h1-3,8,13-14,20,22,36H,4-7,9-12,16-17H2/t20-,22-. The second kappa shape index (κ2) is 12.5. The molecule has 0 unspecified atom stereocenters. The van der Waals surface area contributed by atoms with Gasteiger partial charge in [0.25, 0.3) is 0 Å². The molecular formula is C29H29Cl2F3N4O3. The SMILES string of the molecule is N#Cc1ccc(N[C@H]2CC[C@H](OCC(=O)N3CCN(Cc4oc5ccc(Cl)cc5c4Cl)CC3)CC2)cc1C(F)(F)F. The number of fused-ring (bicyclic) bond motifs is 1. The molecule has 0 bridgehead atoms. The fraction of sp³-hybridized carbons (Fsp3) is 0.448. The van der Waals surface area contributed by atoms with Gasteiger partial charge in [0, 0.05) is 48.3 Å². The number of amides is 1. The Labute approximate surface area is 245 Å². The van der Waals surface area contributed by atoms with Crippen molar-refractivity contribution in [3.8, 4) is 6.07 Å². The van der Waals surface area contributed by atoms with Crippen LogP contribution in [-0.2, 0) is 22.3 Å². The zero-order valence-corrected chi connectivity index (χ0v) is 23.7. The van der Waals surface area contributed by atoms with Gasteiger partial charge in [-0.05, 0) is 62.1 Å². The average molecular weight is 609 g/mol. The lowest BCUT2D eigenvalue weighted by Gasteiger charge is -2.35. The van der Waals surface area contributed by atoms with E-state index < -0.39 is 17.3 Å². The Hall–Kier alpha value is -2.97. The molecule has 5 rings (SSSR count). The van der Waals surface area contributed by atoms with Crippen LogP contribution in [0.3, 0.4) is 0 Å². The first-order valence-corrected chi connectivity index (χ1v) is 14.2. The highest BCUT2D eigenvalue weighted by atomic mass is 35.5. The summed E-state index contributed by atoms with van der Waals surface area (Å²) < 4.78 is 51.6. The Morgan fingerprint density at radius 1 is 1.07 bits per heavy atom. The topological polar surface area (TPSA) is 81.7 Å². The van der Waals surface area contributed by atoms with Crippen LogP contribution < -0.4 is 5.32 Å². The van der Waals surface area contributed by atoms with Crippen LogP contribution in [0.2, 0.25) is 10.0 Å². The lowest BCUT2D eigenvalue weighted by molar-refractivity contribution is -0.140. The van der Waals surface area contributed by atoms with Crippen molar-refractivity contribution in [3.63, 3.8) is 0 Å². The highest BCUT2D eigenvalue weighted by molar-refractivity contribution is 6.37. The maximum atomic E-state index is 13.3. The molecule has 0 spiro atoms. The molecule has 2 fully saturated rings. The molecule has 2 aliphatic rings. The number of anilines is 1. The Kier molecular flexibility index (Phi) is 9.00. The molecule has 2 aromatic carbocycles. The predicted molar refractivity (Wildman–Crippen MR) is 150 cm³/mol. The number of rotatable bonds is 7. The number of ether oxygens (including phenoxy) is 1. The van der Waals surface area contributed by atoms with Crippen LogP contribution in [0.4, 0.5) is 18.9 Å². The molecule has 1 aliphatic carbocycles. The third-order valence-corrected chi connectivity index (χ3v) is 8.33. The molecule has 1 aliphatic heterocycles. The van der Waals surface area contributed by atoms with Crippen molar-refractivity contribution in [2.75, 3.05) is 38.1 Å². The molecule has 7 nitrogen and oxygen atoms in total. The summed E-state index contributed by atoms with van der Waals surface area (Å²) in [6.07, 6.45) is -1.86. The van der Waals surface area contributed by atoms with E-state index in [0.29, 0.717) is 85.5 Å². The first-order valence-electron chi connectivity index (χ1n) is 13.5. The summed E-state index contributed by atoms with van der Waals surface area (Å²) >= 11 is 12.6.